The Hall–Kier alpha value is -3.92. The Morgan fingerprint density at radius 3 is 2.35 bits per heavy atom. The van der Waals surface area contributed by atoms with Crippen LogP contribution >= 0.6 is 0 Å². The molecule has 4 aliphatic carbocycles. The van der Waals surface area contributed by atoms with Gasteiger partial charge in [0.05, 0.1) is 5.66 Å². The SMILES string of the molecule is C=CCNc1cccc(N(C2=CCC(C(C)(C)C)C=C2CC=C)C2=C([B]c3cc4cc5c(cc4o3)C(C)(C)CCC5(C)C)C=C3C(C2)C(C)CCC3(C)C)c1. The first-order valence-corrected chi connectivity index (χ1v) is 21.1. The van der Waals surface area contributed by atoms with Gasteiger partial charge in [-0.25, -0.2) is 0 Å². The summed E-state index contributed by atoms with van der Waals surface area (Å²) in [5.74, 6) is 1.55. The van der Waals surface area contributed by atoms with Crippen molar-refractivity contribution < 1.29 is 4.42 Å². The third-order valence-electron chi connectivity index (χ3n) is 13.8. The van der Waals surface area contributed by atoms with Crippen molar-refractivity contribution >= 4 is 35.3 Å². The molecule has 4 aliphatic rings. The molecule has 55 heavy (non-hydrogen) atoms. The lowest BCUT2D eigenvalue weighted by atomic mass is 9.56. The van der Waals surface area contributed by atoms with Crippen LogP contribution in [0.15, 0.2) is 118 Å². The molecule has 3 nitrogen and oxygen atoms in total. The van der Waals surface area contributed by atoms with E-state index < -0.39 is 0 Å². The van der Waals surface area contributed by atoms with E-state index in [1.165, 1.54) is 70.3 Å². The number of hydrogen-bond acceptors (Lipinski definition) is 3. The topological polar surface area (TPSA) is 28.4 Å². The number of anilines is 2. The van der Waals surface area contributed by atoms with Gasteiger partial charge in [-0.3, -0.25) is 0 Å². The highest BCUT2D eigenvalue weighted by Crippen LogP contribution is 2.53. The summed E-state index contributed by atoms with van der Waals surface area (Å²) in [7, 11) is 2.36. The van der Waals surface area contributed by atoms with Crippen LogP contribution in [-0.4, -0.2) is 13.8 Å². The maximum Gasteiger partial charge on any atom is 0.243 e. The lowest BCUT2D eigenvalue weighted by Gasteiger charge is -2.47. The van der Waals surface area contributed by atoms with E-state index in [1.54, 1.807) is 5.57 Å². The van der Waals surface area contributed by atoms with Crippen molar-refractivity contribution in [1.29, 1.82) is 0 Å². The monoisotopic (exact) mass is 734 g/mol. The summed E-state index contributed by atoms with van der Waals surface area (Å²) < 4.78 is 6.87. The maximum atomic E-state index is 6.87. The highest BCUT2D eigenvalue weighted by molar-refractivity contribution is 6.61. The zero-order valence-corrected chi connectivity index (χ0v) is 35.7. The fourth-order valence-corrected chi connectivity index (χ4v) is 9.94. The summed E-state index contributed by atoms with van der Waals surface area (Å²) >= 11 is 0. The van der Waals surface area contributed by atoms with Crippen molar-refractivity contribution in [2.75, 3.05) is 16.8 Å². The predicted octanol–water partition coefficient (Wildman–Crippen LogP) is 13.3. The Labute approximate surface area is 334 Å². The molecule has 3 unspecified atom stereocenters. The Balaban J connectivity index is 1.43. The van der Waals surface area contributed by atoms with Crippen molar-refractivity contribution in [2.24, 2.45) is 28.6 Å². The maximum absolute atomic E-state index is 6.87. The first kappa shape index (κ1) is 39.3. The normalized spacial score (nSPS) is 24.2. The second-order valence-electron chi connectivity index (χ2n) is 20.2. The highest BCUT2D eigenvalue weighted by atomic mass is 16.3. The molecule has 0 spiro atoms. The van der Waals surface area contributed by atoms with Gasteiger partial charge < -0.3 is 14.6 Å². The number of benzene rings is 2. The number of allylic oxidation sites excluding steroid dienone is 8. The van der Waals surface area contributed by atoms with Gasteiger partial charge in [0.15, 0.2) is 0 Å². The van der Waals surface area contributed by atoms with Crippen molar-refractivity contribution in [3.8, 4) is 0 Å². The minimum atomic E-state index is 0.128. The van der Waals surface area contributed by atoms with Crippen molar-refractivity contribution in [2.45, 2.75) is 125 Å². The molecule has 0 saturated heterocycles. The van der Waals surface area contributed by atoms with Crippen molar-refractivity contribution in [3.05, 3.63) is 125 Å². The van der Waals surface area contributed by atoms with Crippen LogP contribution in [0.4, 0.5) is 11.4 Å². The fourth-order valence-electron chi connectivity index (χ4n) is 9.94. The molecule has 1 aromatic heterocycles. The van der Waals surface area contributed by atoms with Gasteiger partial charge in [-0.15, -0.1) is 13.2 Å². The Bertz CT molecular complexity index is 2050. The van der Waals surface area contributed by atoms with Crippen LogP contribution < -0.4 is 15.9 Å². The van der Waals surface area contributed by atoms with Crippen LogP contribution in [0, 0.1) is 28.6 Å². The second-order valence-corrected chi connectivity index (χ2v) is 20.2. The van der Waals surface area contributed by atoms with E-state index in [1.807, 2.05) is 6.08 Å². The average molecular weight is 734 g/mol. The Morgan fingerprint density at radius 2 is 1.65 bits per heavy atom. The summed E-state index contributed by atoms with van der Waals surface area (Å²) in [5, 5.41) is 4.77. The van der Waals surface area contributed by atoms with Crippen LogP contribution in [0.25, 0.3) is 11.0 Å². The second kappa shape index (κ2) is 14.5. The molecule has 7 rings (SSSR count). The van der Waals surface area contributed by atoms with E-state index >= 15 is 0 Å². The Morgan fingerprint density at radius 1 is 0.927 bits per heavy atom. The number of furan rings is 1. The largest absolute Gasteiger partial charge is 0.472 e. The number of nitrogens with one attached hydrogen (secondary N) is 1. The molecule has 0 aliphatic heterocycles. The van der Waals surface area contributed by atoms with Crippen LogP contribution in [0.5, 0.6) is 0 Å². The standard InChI is InChI=1S/C51H66BN2O/c1-13-16-34-26-36(48(4,5)6)19-20-44(34)54(38-18-15-17-37(29-38)53-25-14-2)45-30-39-33(3)21-22-49(7,8)40(39)31-43(45)52-47-28-35-27-41-42(32-46(35)55-47)51(11,12)24-23-50(41,9)10/h13-15,17-18,20,26-29,31-33,36,39,53H,1-2,16,19,21-25,30H2,3-12H3. The molecular formula is C51H66BN2O. The lowest BCUT2D eigenvalue weighted by molar-refractivity contribution is 0.210. The van der Waals surface area contributed by atoms with Gasteiger partial charge >= 0.3 is 0 Å². The number of nitrogens with zero attached hydrogens (tertiary/aromatic N) is 1. The smallest absolute Gasteiger partial charge is 0.243 e. The van der Waals surface area contributed by atoms with Gasteiger partial charge in [0.2, 0.25) is 7.28 Å². The molecule has 3 aromatic rings. The molecule has 1 saturated carbocycles. The summed E-state index contributed by atoms with van der Waals surface area (Å²) in [5.41, 5.74) is 14.5. The van der Waals surface area contributed by atoms with Crippen molar-refractivity contribution in [1.82, 2.24) is 0 Å². The molecular weight excluding hydrogens is 667 g/mol. The third-order valence-corrected chi connectivity index (χ3v) is 13.8. The minimum absolute atomic E-state index is 0.128. The van der Waals surface area contributed by atoms with Gasteiger partial charge in [-0.2, -0.15) is 0 Å². The number of hydrogen-bond donors (Lipinski definition) is 1. The molecule has 1 fully saturated rings. The highest BCUT2D eigenvalue weighted by Gasteiger charge is 2.42. The van der Waals surface area contributed by atoms with E-state index in [0.29, 0.717) is 24.3 Å². The molecule has 1 N–H and O–H groups in total. The van der Waals surface area contributed by atoms with Gasteiger partial charge in [0, 0.05) is 34.7 Å². The van der Waals surface area contributed by atoms with Crippen LogP contribution in [0.1, 0.15) is 125 Å². The van der Waals surface area contributed by atoms with E-state index in [4.69, 9.17) is 4.42 Å². The van der Waals surface area contributed by atoms with Gasteiger partial charge in [-0.05, 0) is 137 Å². The van der Waals surface area contributed by atoms with Crippen LogP contribution in [0.3, 0.4) is 0 Å². The molecule has 289 valence electrons. The third kappa shape index (κ3) is 7.64. The zero-order valence-electron chi connectivity index (χ0n) is 35.7. The molecule has 3 atom stereocenters. The molecule has 0 amide bonds. The van der Waals surface area contributed by atoms with Crippen LogP contribution in [-0.2, 0) is 10.8 Å². The number of rotatable bonds is 10. The predicted molar refractivity (Wildman–Crippen MR) is 238 cm³/mol. The van der Waals surface area contributed by atoms with Gasteiger partial charge in [0.1, 0.15) is 5.58 Å². The quantitative estimate of drug-likeness (QED) is 0.166. The molecule has 1 radical (unpaired) electrons. The first-order valence-electron chi connectivity index (χ1n) is 21.1. The number of fused-ring (bicyclic) bond motifs is 3. The van der Waals surface area contributed by atoms with E-state index in [-0.39, 0.29) is 21.7 Å². The Kier molecular flexibility index (Phi) is 10.4. The molecule has 0 bridgehead atoms. The summed E-state index contributed by atoms with van der Waals surface area (Å²) in [6, 6.07) is 16.0. The van der Waals surface area contributed by atoms with Gasteiger partial charge in [0.25, 0.3) is 0 Å². The average Bonchev–Trinajstić information content (AvgIpc) is 3.53. The van der Waals surface area contributed by atoms with Gasteiger partial charge in [-0.1, -0.05) is 117 Å². The van der Waals surface area contributed by atoms with Crippen molar-refractivity contribution in [3.63, 3.8) is 0 Å². The first-order chi connectivity index (χ1) is 25.9. The fraction of sp³-hybridized carbons (Fsp3) is 0.490. The summed E-state index contributed by atoms with van der Waals surface area (Å²) in [6.07, 6.45) is 19.3. The lowest BCUT2D eigenvalue weighted by Crippen LogP contribution is -2.38. The molecule has 2 aromatic carbocycles. The zero-order chi connectivity index (χ0) is 39.5. The summed E-state index contributed by atoms with van der Waals surface area (Å²) in [6.45, 7) is 33.0. The minimum Gasteiger partial charge on any atom is -0.472 e. The van der Waals surface area contributed by atoms with Crippen LogP contribution in [0.2, 0.25) is 0 Å². The van der Waals surface area contributed by atoms with E-state index in [0.717, 1.165) is 36.2 Å². The van der Waals surface area contributed by atoms with E-state index in [2.05, 4.69) is 167 Å². The molecule has 1 heterocycles. The molecule has 4 heteroatoms. The summed E-state index contributed by atoms with van der Waals surface area (Å²) in [4.78, 5) is 2.60. The van der Waals surface area contributed by atoms with E-state index in [9.17, 15) is 0 Å².